The minimum absolute atomic E-state index is 0.0149. The number of amides is 2. The molecule has 2 fully saturated rings. The van der Waals surface area contributed by atoms with Gasteiger partial charge in [-0.1, -0.05) is 31.4 Å². The molecule has 5 nitrogen and oxygen atoms in total. The fourth-order valence-corrected chi connectivity index (χ4v) is 4.31. The number of carbonyl (C=O) groups is 3. The van der Waals surface area contributed by atoms with Crippen LogP contribution in [0.2, 0.25) is 0 Å². The van der Waals surface area contributed by atoms with E-state index in [1.807, 2.05) is 32.0 Å². The molecule has 3 rings (SSSR count). The molecule has 1 aliphatic heterocycles. The molecule has 0 spiro atoms. The minimum Gasteiger partial charge on any atom is -0.352 e. The highest BCUT2D eigenvalue weighted by Gasteiger charge is 2.34. The van der Waals surface area contributed by atoms with E-state index in [0.717, 1.165) is 36.8 Å². The summed E-state index contributed by atoms with van der Waals surface area (Å²) in [5, 5.41) is 3.15. The van der Waals surface area contributed by atoms with Crippen molar-refractivity contribution in [1.82, 2.24) is 10.2 Å². The van der Waals surface area contributed by atoms with Crippen LogP contribution in [0, 0.1) is 13.8 Å². The van der Waals surface area contributed by atoms with Gasteiger partial charge in [0.25, 0.3) is 0 Å². The first-order valence-corrected chi connectivity index (χ1v) is 10.7. The molecule has 0 bridgehead atoms. The smallest absolute Gasteiger partial charge is 0.243 e. The highest BCUT2D eigenvalue weighted by Crippen LogP contribution is 2.22. The van der Waals surface area contributed by atoms with E-state index >= 15 is 0 Å². The summed E-state index contributed by atoms with van der Waals surface area (Å²) in [5.41, 5.74) is 2.89. The molecule has 1 saturated carbocycles. The van der Waals surface area contributed by atoms with Gasteiger partial charge in [0.05, 0.1) is 0 Å². The molecule has 152 valence electrons. The highest BCUT2D eigenvalue weighted by atomic mass is 16.2. The van der Waals surface area contributed by atoms with E-state index in [1.165, 1.54) is 19.3 Å². The van der Waals surface area contributed by atoms with Gasteiger partial charge in [0.2, 0.25) is 11.8 Å². The largest absolute Gasteiger partial charge is 0.352 e. The molecule has 1 aromatic carbocycles. The number of benzene rings is 1. The average Bonchev–Trinajstić information content (AvgIpc) is 3.19. The molecule has 2 aliphatic rings. The Balaban J connectivity index is 1.53. The molecule has 28 heavy (non-hydrogen) atoms. The number of nitrogens with one attached hydrogen (secondary N) is 1. The summed E-state index contributed by atoms with van der Waals surface area (Å²) in [4.78, 5) is 39.5. The number of ketones is 1. The second-order valence-corrected chi connectivity index (χ2v) is 8.31. The van der Waals surface area contributed by atoms with Crippen LogP contribution in [0.25, 0.3) is 0 Å². The maximum absolute atomic E-state index is 12.7. The first-order chi connectivity index (χ1) is 13.5. The van der Waals surface area contributed by atoms with Gasteiger partial charge in [0, 0.05) is 31.0 Å². The normalized spacial score (nSPS) is 20.2. The van der Waals surface area contributed by atoms with E-state index in [-0.39, 0.29) is 42.5 Å². The van der Waals surface area contributed by atoms with Crippen LogP contribution in [-0.4, -0.2) is 41.1 Å². The van der Waals surface area contributed by atoms with Crippen molar-refractivity contribution < 1.29 is 14.4 Å². The molecule has 2 amide bonds. The first-order valence-electron chi connectivity index (χ1n) is 10.7. The Morgan fingerprint density at radius 1 is 0.964 bits per heavy atom. The number of hydrogen-bond acceptors (Lipinski definition) is 3. The summed E-state index contributed by atoms with van der Waals surface area (Å²) in [5.74, 6) is -0.115. The topological polar surface area (TPSA) is 66.5 Å². The Morgan fingerprint density at radius 2 is 1.71 bits per heavy atom. The molecule has 5 heteroatoms. The van der Waals surface area contributed by atoms with Crippen LogP contribution >= 0.6 is 0 Å². The molecule has 1 heterocycles. The van der Waals surface area contributed by atoms with Gasteiger partial charge >= 0.3 is 0 Å². The molecule has 1 N–H and O–H groups in total. The molecule has 0 aromatic heterocycles. The monoisotopic (exact) mass is 384 g/mol. The van der Waals surface area contributed by atoms with Gasteiger partial charge in [-0.2, -0.15) is 0 Å². The lowest BCUT2D eigenvalue weighted by atomic mass is 9.95. The number of hydrogen-bond donors (Lipinski definition) is 1. The standard InChI is InChI=1S/C23H32N2O3/c1-16-10-11-18(15-17(16)2)21(26)12-13-22(27)25-14-6-9-20(25)23(28)24-19-7-4-3-5-8-19/h10-11,15,19-20H,3-9,12-14H2,1-2H3,(H,24,28). The van der Waals surface area contributed by atoms with Crippen molar-refractivity contribution in [2.45, 2.75) is 83.7 Å². The van der Waals surface area contributed by atoms with E-state index < -0.39 is 0 Å². The molecular weight excluding hydrogens is 352 g/mol. The number of nitrogens with zero attached hydrogens (tertiary/aromatic N) is 1. The van der Waals surface area contributed by atoms with Crippen molar-refractivity contribution in [3.05, 3.63) is 34.9 Å². The summed E-state index contributed by atoms with van der Waals surface area (Å²) in [6, 6.07) is 5.54. The van der Waals surface area contributed by atoms with Gasteiger partial charge in [-0.25, -0.2) is 0 Å². The van der Waals surface area contributed by atoms with Crippen molar-refractivity contribution >= 4 is 17.6 Å². The molecule has 1 atom stereocenters. The van der Waals surface area contributed by atoms with E-state index in [9.17, 15) is 14.4 Å². The molecule has 1 aliphatic carbocycles. The lowest BCUT2D eigenvalue weighted by Crippen LogP contribution is -2.49. The predicted octanol–water partition coefficient (Wildman–Crippen LogP) is 3.71. The van der Waals surface area contributed by atoms with Crippen LogP contribution in [-0.2, 0) is 9.59 Å². The summed E-state index contributed by atoms with van der Waals surface area (Å²) in [7, 11) is 0. The van der Waals surface area contributed by atoms with Crippen LogP contribution in [0.3, 0.4) is 0 Å². The summed E-state index contributed by atoms with van der Waals surface area (Å²) in [6.45, 7) is 4.61. The third-order valence-electron chi connectivity index (χ3n) is 6.22. The van der Waals surface area contributed by atoms with E-state index in [4.69, 9.17) is 0 Å². The second-order valence-electron chi connectivity index (χ2n) is 8.31. The first kappa shape index (κ1) is 20.6. The number of carbonyl (C=O) groups excluding carboxylic acids is 3. The van der Waals surface area contributed by atoms with Crippen LogP contribution in [0.5, 0.6) is 0 Å². The zero-order chi connectivity index (χ0) is 20.1. The Labute approximate surface area is 167 Å². The zero-order valence-electron chi connectivity index (χ0n) is 17.1. The van der Waals surface area contributed by atoms with Crippen LogP contribution in [0.15, 0.2) is 18.2 Å². The van der Waals surface area contributed by atoms with Gasteiger partial charge in [0.15, 0.2) is 5.78 Å². The lowest BCUT2D eigenvalue weighted by molar-refractivity contribution is -0.138. The maximum Gasteiger partial charge on any atom is 0.243 e. The number of Topliss-reactive ketones (excluding diaryl/α,β-unsaturated/α-hetero) is 1. The molecule has 0 radical (unpaired) electrons. The molecule has 1 saturated heterocycles. The van der Waals surface area contributed by atoms with Crippen LogP contribution in [0.1, 0.15) is 79.3 Å². The van der Waals surface area contributed by atoms with Crippen molar-refractivity contribution in [1.29, 1.82) is 0 Å². The van der Waals surface area contributed by atoms with Crippen molar-refractivity contribution in [3.63, 3.8) is 0 Å². The second kappa shape index (κ2) is 9.35. The zero-order valence-corrected chi connectivity index (χ0v) is 17.1. The molecule has 1 unspecified atom stereocenters. The fraction of sp³-hybridized carbons (Fsp3) is 0.609. The van der Waals surface area contributed by atoms with Gasteiger partial charge in [-0.3, -0.25) is 14.4 Å². The predicted molar refractivity (Wildman–Crippen MR) is 109 cm³/mol. The molecule has 1 aromatic rings. The summed E-state index contributed by atoms with van der Waals surface area (Å²) in [6.07, 6.45) is 7.57. The van der Waals surface area contributed by atoms with E-state index in [0.29, 0.717) is 12.1 Å². The fourth-order valence-electron chi connectivity index (χ4n) is 4.31. The average molecular weight is 385 g/mol. The highest BCUT2D eigenvalue weighted by molar-refractivity contribution is 5.98. The Morgan fingerprint density at radius 3 is 2.43 bits per heavy atom. The third-order valence-corrected chi connectivity index (χ3v) is 6.22. The minimum atomic E-state index is -0.369. The lowest BCUT2D eigenvalue weighted by Gasteiger charge is -2.28. The number of aryl methyl sites for hydroxylation is 2. The van der Waals surface area contributed by atoms with Gasteiger partial charge < -0.3 is 10.2 Å². The van der Waals surface area contributed by atoms with Crippen LogP contribution < -0.4 is 5.32 Å². The van der Waals surface area contributed by atoms with Gasteiger partial charge in [-0.15, -0.1) is 0 Å². The van der Waals surface area contributed by atoms with E-state index in [2.05, 4.69) is 5.32 Å². The number of rotatable bonds is 6. The maximum atomic E-state index is 12.7. The summed E-state index contributed by atoms with van der Waals surface area (Å²) >= 11 is 0. The van der Waals surface area contributed by atoms with Gasteiger partial charge in [-0.05, 0) is 56.7 Å². The van der Waals surface area contributed by atoms with Gasteiger partial charge in [0.1, 0.15) is 6.04 Å². The molecular formula is C23H32N2O3. The Bertz CT molecular complexity index is 737. The van der Waals surface area contributed by atoms with E-state index in [1.54, 1.807) is 4.90 Å². The SMILES string of the molecule is Cc1ccc(C(=O)CCC(=O)N2CCCC2C(=O)NC2CCCCC2)cc1C. The summed E-state index contributed by atoms with van der Waals surface area (Å²) < 4.78 is 0. The van der Waals surface area contributed by atoms with Crippen molar-refractivity contribution in [2.75, 3.05) is 6.54 Å². The third kappa shape index (κ3) is 5.00. The number of likely N-dealkylation sites (tertiary alicyclic amines) is 1. The van der Waals surface area contributed by atoms with Crippen molar-refractivity contribution in [3.8, 4) is 0 Å². The van der Waals surface area contributed by atoms with Crippen molar-refractivity contribution in [2.24, 2.45) is 0 Å². The van der Waals surface area contributed by atoms with Crippen LogP contribution in [0.4, 0.5) is 0 Å². The Hall–Kier alpha value is -2.17. The Kier molecular flexibility index (Phi) is 6.87. The quantitative estimate of drug-likeness (QED) is 0.761.